The van der Waals surface area contributed by atoms with Crippen LogP contribution in [-0.4, -0.2) is 11.0 Å². The van der Waals surface area contributed by atoms with Gasteiger partial charge in [-0.1, -0.05) is 25.1 Å². The number of nitrogens with one attached hydrogen (secondary N) is 2. The molecule has 1 aromatic heterocycles. The fourth-order valence-corrected chi connectivity index (χ4v) is 1.87. The highest BCUT2D eigenvalue weighted by Gasteiger charge is 2.32. The lowest BCUT2D eigenvalue weighted by atomic mass is 10.2. The molecule has 1 saturated carbocycles. The van der Waals surface area contributed by atoms with Gasteiger partial charge in [-0.15, -0.1) is 0 Å². The third-order valence-corrected chi connectivity index (χ3v) is 2.98. The molecule has 14 heavy (non-hydrogen) atoms. The van der Waals surface area contributed by atoms with Crippen molar-refractivity contribution in [1.29, 1.82) is 0 Å². The topological polar surface area (TPSA) is 27.8 Å². The maximum Gasteiger partial charge on any atom is 0.104 e. The molecule has 2 aromatic rings. The lowest BCUT2D eigenvalue weighted by Crippen LogP contribution is -2.02. The number of hydrogen-bond donors (Lipinski definition) is 2. The molecule has 2 atom stereocenters. The molecule has 0 amide bonds. The van der Waals surface area contributed by atoms with Gasteiger partial charge in [0.2, 0.25) is 0 Å². The molecule has 1 aliphatic carbocycles. The second-order valence-corrected chi connectivity index (χ2v) is 4.23. The van der Waals surface area contributed by atoms with Crippen molar-refractivity contribution in [2.24, 2.45) is 5.92 Å². The van der Waals surface area contributed by atoms with E-state index in [0.29, 0.717) is 6.04 Å². The molecule has 1 aliphatic rings. The first-order chi connectivity index (χ1) is 6.83. The number of rotatable bonds is 2. The van der Waals surface area contributed by atoms with Gasteiger partial charge in [0, 0.05) is 16.9 Å². The molecule has 0 saturated heterocycles. The summed E-state index contributed by atoms with van der Waals surface area (Å²) in [5.74, 6) is 1.99. The van der Waals surface area contributed by atoms with Crippen LogP contribution in [0.4, 0.5) is 5.82 Å². The molecule has 2 nitrogen and oxygen atoms in total. The van der Waals surface area contributed by atoms with Crippen molar-refractivity contribution in [2.75, 3.05) is 5.32 Å². The highest BCUT2D eigenvalue weighted by molar-refractivity contribution is 5.83. The monoisotopic (exact) mass is 186 g/mol. The van der Waals surface area contributed by atoms with Gasteiger partial charge in [0.25, 0.3) is 0 Å². The van der Waals surface area contributed by atoms with E-state index in [4.69, 9.17) is 0 Å². The lowest BCUT2D eigenvalue weighted by molar-refractivity contribution is 0.926. The van der Waals surface area contributed by atoms with E-state index in [1.165, 1.54) is 17.3 Å². The van der Waals surface area contributed by atoms with Crippen molar-refractivity contribution < 1.29 is 0 Å². The molecule has 1 aromatic carbocycles. The van der Waals surface area contributed by atoms with Crippen LogP contribution in [-0.2, 0) is 0 Å². The zero-order chi connectivity index (χ0) is 9.54. The quantitative estimate of drug-likeness (QED) is 0.741. The van der Waals surface area contributed by atoms with Crippen molar-refractivity contribution in [3.05, 3.63) is 30.3 Å². The van der Waals surface area contributed by atoms with Gasteiger partial charge in [0.05, 0.1) is 0 Å². The second kappa shape index (κ2) is 2.77. The van der Waals surface area contributed by atoms with E-state index < -0.39 is 0 Å². The van der Waals surface area contributed by atoms with E-state index in [9.17, 15) is 0 Å². The maximum atomic E-state index is 3.50. The van der Waals surface area contributed by atoms with Gasteiger partial charge in [-0.3, -0.25) is 0 Å². The average Bonchev–Trinajstić information content (AvgIpc) is 2.74. The van der Waals surface area contributed by atoms with Gasteiger partial charge in [-0.25, -0.2) is 0 Å². The third-order valence-electron chi connectivity index (χ3n) is 2.98. The van der Waals surface area contributed by atoms with Gasteiger partial charge in [-0.2, -0.15) is 0 Å². The van der Waals surface area contributed by atoms with Gasteiger partial charge in [-0.05, 0) is 24.5 Å². The molecular weight excluding hydrogens is 172 g/mol. The highest BCUT2D eigenvalue weighted by Crippen LogP contribution is 2.33. The van der Waals surface area contributed by atoms with E-state index in [1.807, 2.05) is 0 Å². The number of anilines is 1. The Kier molecular flexibility index (Phi) is 1.57. The summed E-state index contributed by atoms with van der Waals surface area (Å²) < 4.78 is 0. The van der Waals surface area contributed by atoms with Crippen LogP contribution in [0.2, 0.25) is 0 Å². The van der Waals surface area contributed by atoms with Crippen LogP contribution >= 0.6 is 0 Å². The van der Waals surface area contributed by atoms with Gasteiger partial charge >= 0.3 is 0 Å². The number of aromatic amines is 1. The summed E-state index contributed by atoms with van der Waals surface area (Å²) in [6, 6.07) is 11.2. The summed E-state index contributed by atoms with van der Waals surface area (Å²) in [5.41, 5.74) is 1.21. The standard InChI is InChI=1S/C12H14N2/c1-8-6-11(8)14-12-7-9-4-2-3-5-10(9)13-12/h2-5,7-8,11,13-14H,6H2,1H3. The highest BCUT2D eigenvalue weighted by atomic mass is 15.1. The van der Waals surface area contributed by atoms with Crippen molar-refractivity contribution in [3.8, 4) is 0 Å². The molecule has 0 spiro atoms. The summed E-state index contributed by atoms with van der Waals surface area (Å²) in [5, 5.41) is 4.78. The number of hydrogen-bond acceptors (Lipinski definition) is 1. The minimum absolute atomic E-state index is 0.683. The van der Waals surface area contributed by atoms with Gasteiger partial charge in [0.1, 0.15) is 5.82 Å². The van der Waals surface area contributed by atoms with E-state index in [0.717, 1.165) is 11.7 Å². The zero-order valence-electron chi connectivity index (χ0n) is 8.25. The first kappa shape index (κ1) is 7.92. The Bertz CT molecular complexity index is 425. The summed E-state index contributed by atoms with van der Waals surface area (Å²) >= 11 is 0. The number of aromatic nitrogens is 1. The van der Waals surface area contributed by atoms with Crippen LogP contribution < -0.4 is 5.32 Å². The SMILES string of the molecule is CC1CC1Nc1cc2ccccc2[nH]1. The number of para-hydroxylation sites is 1. The largest absolute Gasteiger partial charge is 0.369 e. The van der Waals surface area contributed by atoms with Crippen LogP contribution in [0.1, 0.15) is 13.3 Å². The summed E-state index contributed by atoms with van der Waals surface area (Å²) in [4.78, 5) is 3.38. The summed E-state index contributed by atoms with van der Waals surface area (Å²) in [6.45, 7) is 2.28. The van der Waals surface area contributed by atoms with E-state index in [2.05, 4.69) is 47.6 Å². The molecule has 0 aliphatic heterocycles. The Morgan fingerprint density at radius 1 is 1.36 bits per heavy atom. The van der Waals surface area contributed by atoms with Crippen LogP contribution in [0.25, 0.3) is 10.9 Å². The summed E-state index contributed by atoms with van der Waals surface area (Å²) in [6.07, 6.45) is 1.30. The van der Waals surface area contributed by atoms with E-state index in [-0.39, 0.29) is 0 Å². The number of H-pyrrole nitrogens is 1. The lowest BCUT2D eigenvalue weighted by Gasteiger charge is -1.99. The van der Waals surface area contributed by atoms with Crippen molar-refractivity contribution in [3.63, 3.8) is 0 Å². The smallest absolute Gasteiger partial charge is 0.104 e. The molecule has 2 heteroatoms. The van der Waals surface area contributed by atoms with Crippen LogP contribution in [0, 0.1) is 5.92 Å². The van der Waals surface area contributed by atoms with E-state index >= 15 is 0 Å². The summed E-state index contributed by atoms with van der Waals surface area (Å²) in [7, 11) is 0. The van der Waals surface area contributed by atoms with Crippen LogP contribution in [0.5, 0.6) is 0 Å². The minimum atomic E-state index is 0.683. The van der Waals surface area contributed by atoms with Gasteiger partial charge in [0.15, 0.2) is 0 Å². The molecule has 0 bridgehead atoms. The molecule has 1 heterocycles. The molecule has 3 rings (SSSR count). The normalized spacial score (nSPS) is 25.2. The van der Waals surface area contributed by atoms with Crippen molar-refractivity contribution >= 4 is 16.7 Å². The first-order valence-corrected chi connectivity index (χ1v) is 5.17. The molecule has 2 unspecified atom stereocenters. The minimum Gasteiger partial charge on any atom is -0.369 e. The third kappa shape index (κ3) is 1.27. The number of fused-ring (bicyclic) bond motifs is 1. The molecule has 2 N–H and O–H groups in total. The molecular formula is C12H14N2. The van der Waals surface area contributed by atoms with Crippen molar-refractivity contribution in [1.82, 2.24) is 4.98 Å². The Morgan fingerprint density at radius 3 is 2.86 bits per heavy atom. The Hall–Kier alpha value is -1.44. The zero-order valence-corrected chi connectivity index (χ0v) is 8.25. The average molecular weight is 186 g/mol. The Balaban J connectivity index is 1.90. The Morgan fingerprint density at radius 2 is 2.14 bits per heavy atom. The fraction of sp³-hybridized carbons (Fsp3) is 0.333. The maximum absolute atomic E-state index is 3.50. The second-order valence-electron chi connectivity index (χ2n) is 4.23. The molecule has 0 radical (unpaired) electrons. The fourth-order valence-electron chi connectivity index (χ4n) is 1.87. The first-order valence-electron chi connectivity index (χ1n) is 5.17. The Labute approximate surface area is 83.3 Å². The molecule has 72 valence electrons. The molecule has 1 fully saturated rings. The predicted octanol–water partition coefficient (Wildman–Crippen LogP) is 2.99. The number of benzene rings is 1. The van der Waals surface area contributed by atoms with Crippen molar-refractivity contribution in [2.45, 2.75) is 19.4 Å². The predicted molar refractivity (Wildman–Crippen MR) is 59.5 cm³/mol. The van der Waals surface area contributed by atoms with Crippen LogP contribution in [0.3, 0.4) is 0 Å². The van der Waals surface area contributed by atoms with E-state index in [1.54, 1.807) is 0 Å². The van der Waals surface area contributed by atoms with Crippen LogP contribution in [0.15, 0.2) is 30.3 Å². The van der Waals surface area contributed by atoms with Gasteiger partial charge < -0.3 is 10.3 Å².